The van der Waals surface area contributed by atoms with E-state index in [2.05, 4.69) is 5.32 Å². The molecule has 1 saturated heterocycles. The first-order valence-electron chi connectivity index (χ1n) is 9.27. The summed E-state index contributed by atoms with van der Waals surface area (Å²) in [5.74, 6) is -0.892. The maximum atomic E-state index is 13.2. The first-order valence-corrected chi connectivity index (χ1v) is 9.27. The van der Waals surface area contributed by atoms with Gasteiger partial charge in [0, 0.05) is 19.8 Å². The van der Waals surface area contributed by atoms with Crippen LogP contribution < -0.4 is 5.32 Å². The Bertz CT molecular complexity index is 807. The number of aromatic carboxylic acids is 1. The minimum absolute atomic E-state index is 0.0438. The molecule has 2 aromatic rings. The number of carboxylic acids is 1. The van der Waals surface area contributed by atoms with Crippen LogP contribution in [0.5, 0.6) is 0 Å². The summed E-state index contributed by atoms with van der Waals surface area (Å²) >= 11 is 0. The molecule has 0 bridgehead atoms. The topological polar surface area (TPSA) is 75.6 Å². The summed E-state index contributed by atoms with van der Waals surface area (Å²) in [4.78, 5) is 24.1. The molecule has 142 valence electrons. The van der Waals surface area contributed by atoms with Crippen molar-refractivity contribution in [2.24, 2.45) is 0 Å². The van der Waals surface area contributed by atoms with Crippen molar-refractivity contribution in [1.29, 1.82) is 0 Å². The number of carboxylic acid groups (broad SMARTS) is 1. The molecule has 0 radical (unpaired) electrons. The minimum Gasteiger partial charge on any atom is -0.478 e. The average Bonchev–Trinajstić information content (AvgIpc) is 2.69. The SMILES string of the molecule is Cc1ccccc1C1(C(=O)NCCc2ccc(C(=O)O)cc2)CCOCC1. The molecule has 0 spiro atoms. The largest absolute Gasteiger partial charge is 0.478 e. The third kappa shape index (κ3) is 4.19. The van der Waals surface area contributed by atoms with Gasteiger partial charge in [-0.3, -0.25) is 4.79 Å². The summed E-state index contributed by atoms with van der Waals surface area (Å²) in [7, 11) is 0. The molecule has 0 atom stereocenters. The van der Waals surface area contributed by atoms with Crippen molar-refractivity contribution in [2.75, 3.05) is 19.8 Å². The Labute approximate surface area is 159 Å². The average molecular weight is 367 g/mol. The van der Waals surface area contributed by atoms with Crippen molar-refractivity contribution in [3.05, 3.63) is 70.8 Å². The number of nitrogens with one attached hydrogen (secondary N) is 1. The molecule has 1 heterocycles. The highest BCUT2D eigenvalue weighted by atomic mass is 16.5. The van der Waals surface area contributed by atoms with Crippen LogP contribution in [0.2, 0.25) is 0 Å². The van der Waals surface area contributed by atoms with Crippen LogP contribution in [0.15, 0.2) is 48.5 Å². The molecule has 1 fully saturated rings. The molecule has 0 aliphatic carbocycles. The maximum absolute atomic E-state index is 13.2. The summed E-state index contributed by atoms with van der Waals surface area (Å²) in [5.41, 5.74) is 2.92. The zero-order chi connectivity index (χ0) is 19.3. The number of amides is 1. The Morgan fingerprint density at radius 3 is 2.37 bits per heavy atom. The first kappa shape index (κ1) is 19.1. The molecule has 2 N–H and O–H groups in total. The minimum atomic E-state index is -0.936. The number of hydrogen-bond donors (Lipinski definition) is 2. The van der Waals surface area contributed by atoms with Gasteiger partial charge in [0.15, 0.2) is 0 Å². The Morgan fingerprint density at radius 1 is 1.07 bits per heavy atom. The summed E-state index contributed by atoms with van der Waals surface area (Å²) in [6, 6.07) is 14.8. The summed E-state index contributed by atoms with van der Waals surface area (Å²) in [5, 5.41) is 12.1. The predicted octanol–water partition coefficient (Wildman–Crippen LogP) is 3.10. The highest BCUT2D eigenvalue weighted by Crippen LogP contribution is 2.36. The van der Waals surface area contributed by atoms with Crippen LogP contribution in [-0.4, -0.2) is 36.7 Å². The lowest BCUT2D eigenvalue weighted by molar-refractivity contribution is -0.130. The van der Waals surface area contributed by atoms with E-state index in [1.165, 1.54) is 0 Å². The van der Waals surface area contributed by atoms with Crippen LogP contribution in [0.25, 0.3) is 0 Å². The molecule has 1 aliphatic heterocycles. The zero-order valence-electron chi connectivity index (χ0n) is 15.5. The van der Waals surface area contributed by atoms with Gasteiger partial charge in [0.2, 0.25) is 5.91 Å². The first-order chi connectivity index (χ1) is 13.0. The van der Waals surface area contributed by atoms with Gasteiger partial charge in [-0.15, -0.1) is 0 Å². The quantitative estimate of drug-likeness (QED) is 0.823. The monoisotopic (exact) mass is 367 g/mol. The number of hydrogen-bond acceptors (Lipinski definition) is 3. The van der Waals surface area contributed by atoms with Gasteiger partial charge >= 0.3 is 5.97 Å². The van der Waals surface area contributed by atoms with Crippen molar-refractivity contribution < 1.29 is 19.4 Å². The van der Waals surface area contributed by atoms with Gasteiger partial charge in [-0.2, -0.15) is 0 Å². The van der Waals surface area contributed by atoms with Crippen LogP contribution in [0, 0.1) is 6.92 Å². The van der Waals surface area contributed by atoms with Gasteiger partial charge in [0.05, 0.1) is 11.0 Å². The molecular formula is C22H25NO4. The fourth-order valence-corrected chi connectivity index (χ4v) is 3.75. The Balaban J connectivity index is 1.68. The molecule has 1 aliphatic rings. The molecule has 1 amide bonds. The van der Waals surface area contributed by atoms with E-state index < -0.39 is 11.4 Å². The van der Waals surface area contributed by atoms with E-state index in [1.807, 2.05) is 31.2 Å². The number of carbonyl (C=O) groups is 2. The second-order valence-corrected chi connectivity index (χ2v) is 7.02. The molecule has 5 nitrogen and oxygen atoms in total. The van der Waals surface area contributed by atoms with E-state index in [0.29, 0.717) is 39.0 Å². The lowest BCUT2D eigenvalue weighted by atomic mass is 9.72. The van der Waals surface area contributed by atoms with Crippen LogP contribution in [0.3, 0.4) is 0 Å². The van der Waals surface area contributed by atoms with Gasteiger partial charge in [0.1, 0.15) is 0 Å². The molecule has 27 heavy (non-hydrogen) atoms. The van der Waals surface area contributed by atoms with Gasteiger partial charge in [-0.1, -0.05) is 36.4 Å². The van der Waals surface area contributed by atoms with E-state index in [0.717, 1.165) is 16.7 Å². The van der Waals surface area contributed by atoms with Crippen molar-refractivity contribution in [3.63, 3.8) is 0 Å². The highest BCUT2D eigenvalue weighted by Gasteiger charge is 2.42. The van der Waals surface area contributed by atoms with Gasteiger partial charge in [-0.05, 0) is 55.0 Å². The third-order valence-electron chi connectivity index (χ3n) is 5.34. The van der Waals surface area contributed by atoms with Crippen molar-refractivity contribution >= 4 is 11.9 Å². The Kier molecular flexibility index (Phi) is 5.91. The number of benzene rings is 2. The molecule has 0 aromatic heterocycles. The zero-order valence-corrected chi connectivity index (χ0v) is 15.5. The number of rotatable bonds is 6. The fraction of sp³-hybridized carbons (Fsp3) is 0.364. The maximum Gasteiger partial charge on any atom is 0.335 e. The molecule has 3 rings (SSSR count). The third-order valence-corrected chi connectivity index (χ3v) is 5.34. The van der Waals surface area contributed by atoms with Crippen LogP contribution in [0.1, 0.15) is 39.9 Å². The van der Waals surface area contributed by atoms with E-state index in [9.17, 15) is 9.59 Å². The van der Waals surface area contributed by atoms with E-state index in [-0.39, 0.29) is 11.5 Å². The lowest BCUT2D eigenvalue weighted by Crippen LogP contribution is -2.48. The summed E-state index contributed by atoms with van der Waals surface area (Å²) in [6.45, 7) is 3.72. The van der Waals surface area contributed by atoms with Gasteiger partial charge in [-0.25, -0.2) is 4.79 Å². The number of carbonyl (C=O) groups excluding carboxylic acids is 1. The molecular weight excluding hydrogens is 342 g/mol. The second-order valence-electron chi connectivity index (χ2n) is 7.02. The normalized spacial score (nSPS) is 15.9. The highest BCUT2D eigenvalue weighted by molar-refractivity contribution is 5.89. The standard InChI is InChI=1S/C22H25NO4/c1-16-4-2-3-5-19(16)22(11-14-27-15-12-22)21(26)23-13-10-17-6-8-18(9-7-17)20(24)25/h2-9H,10-15H2,1H3,(H,23,26)(H,24,25). The predicted molar refractivity (Wildman–Crippen MR) is 103 cm³/mol. The molecule has 5 heteroatoms. The van der Waals surface area contributed by atoms with Crippen molar-refractivity contribution in [3.8, 4) is 0 Å². The molecule has 0 saturated carbocycles. The van der Waals surface area contributed by atoms with Crippen LogP contribution in [0.4, 0.5) is 0 Å². The second kappa shape index (κ2) is 8.35. The number of ether oxygens (including phenoxy) is 1. The van der Waals surface area contributed by atoms with Crippen LogP contribution >= 0.6 is 0 Å². The summed E-state index contributed by atoms with van der Waals surface area (Å²) in [6.07, 6.45) is 2.01. The Morgan fingerprint density at radius 2 is 1.74 bits per heavy atom. The van der Waals surface area contributed by atoms with Gasteiger partial charge < -0.3 is 15.2 Å². The van der Waals surface area contributed by atoms with Crippen molar-refractivity contribution in [1.82, 2.24) is 5.32 Å². The van der Waals surface area contributed by atoms with Crippen LogP contribution in [-0.2, 0) is 21.4 Å². The van der Waals surface area contributed by atoms with Gasteiger partial charge in [0.25, 0.3) is 0 Å². The van der Waals surface area contributed by atoms with E-state index in [4.69, 9.17) is 9.84 Å². The Hall–Kier alpha value is -2.66. The fourth-order valence-electron chi connectivity index (χ4n) is 3.75. The number of aryl methyl sites for hydroxylation is 1. The van der Waals surface area contributed by atoms with E-state index in [1.54, 1.807) is 24.3 Å². The summed E-state index contributed by atoms with van der Waals surface area (Å²) < 4.78 is 5.51. The molecule has 0 unspecified atom stereocenters. The lowest BCUT2D eigenvalue weighted by Gasteiger charge is -2.37. The smallest absolute Gasteiger partial charge is 0.335 e. The van der Waals surface area contributed by atoms with Crippen molar-refractivity contribution in [2.45, 2.75) is 31.6 Å². The molecule has 2 aromatic carbocycles. The van der Waals surface area contributed by atoms with E-state index >= 15 is 0 Å².